The summed E-state index contributed by atoms with van der Waals surface area (Å²) < 4.78 is 5.34. The first-order valence-corrected chi connectivity index (χ1v) is 4.91. The van der Waals surface area contributed by atoms with Crippen LogP contribution in [-0.2, 0) is 9.53 Å². The summed E-state index contributed by atoms with van der Waals surface area (Å²) in [4.78, 5) is 11.2. The molecule has 13 heavy (non-hydrogen) atoms. The molecule has 1 amide bonds. The third kappa shape index (κ3) is 4.24. The van der Waals surface area contributed by atoms with Crippen LogP contribution in [0.4, 0.5) is 0 Å². The largest absolute Gasteiger partial charge is 0.378 e. The minimum Gasteiger partial charge on any atom is -0.378 e. The van der Waals surface area contributed by atoms with Gasteiger partial charge in [-0.15, -0.1) is 0 Å². The Hall–Kier alpha value is -0.610. The molecule has 0 spiro atoms. The van der Waals surface area contributed by atoms with Crippen LogP contribution in [0, 0.1) is 0 Å². The zero-order valence-corrected chi connectivity index (χ0v) is 7.92. The molecule has 4 heteroatoms. The number of carbonyl (C=O) groups excluding carboxylic acids is 1. The average molecular weight is 186 g/mol. The van der Waals surface area contributed by atoms with Gasteiger partial charge in [0, 0.05) is 13.2 Å². The van der Waals surface area contributed by atoms with E-state index in [0.717, 1.165) is 25.9 Å². The van der Waals surface area contributed by atoms with Gasteiger partial charge < -0.3 is 15.8 Å². The maximum absolute atomic E-state index is 11.2. The molecule has 76 valence electrons. The Morgan fingerprint density at radius 2 is 2.46 bits per heavy atom. The molecule has 0 bridgehead atoms. The van der Waals surface area contributed by atoms with Crippen molar-refractivity contribution in [1.82, 2.24) is 5.32 Å². The topological polar surface area (TPSA) is 64.3 Å². The Kier molecular flexibility index (Phi) is 4.78. The van der Waals surface area contributed by atoms with Crippen molar-refractivity contribution in [2.75, 3.05) is 19.7 Å². The van der Waals surface area contributed by atoms with Crippen molar-refractivity contribution in [3.05, 3.63) is 0 Å². The SMILES string of the molecule is NCCCNC(=O)CC1CCCO1. The van der Waals surface area contributed by atoms with Gasteiger partial charge in [0.1, 0.15) is 0 Å². The molecule has 0 saturated carbocycles. The average Bonchev–Trinajstić information content (AvgIpc) is 2.57. The van der Waals surface area contributed by atoms with E-state index in [9.17, 15) is 4.79 Å². The summed E-state index contributed by atoms with van der Waals surface area (Å²) in [6, 6.07) is 0. The highest BCUT2D eigenvalue weighted by molar-refractivity contribution is 5.76. The van der Waals surface area contributed by atoms with Crippen molar-refractivity contribution >= 4 is 5.91 Å². The molecule has 0 aromatic rings. The van der Waals surface area contributed by atoms with Gasteiger partial charge in [-0.25, -0.2) is 0 Å². The van der Waals surface area contributed by atoms with Gasteiger partial charge in [-0.3, -0.25) is 4.79 Å². The summed E-state index contributed by atoms with van der Waals surface area (Å²) in [6.07, 6.45) is 3.60. The van der Waals surface area contributed by atoms with Crippen LogP contribution in [0.15, 0.2) is 0 Å². The minimum absolute atomic E-state index is 0.0837. The first kappa shape index (κ1) is 10.5. The van der Waals surface area contributed by atoms with Gasteiger partial charge in [0.25, 0.3) is 0 Å². The van der Waals surface area contributed by atoms with E-state index in [2.05, 4.69) is 5.32 Å². The highest BCUT2D eigenvalue weighted by Crippen LogP contribution is 2.14. The molecular formula is C9H18N2O2. The van der Waals surface area contributed by atoms with Crippen LogP contribution in [0.25, 0.3) is 0 Å². The zero-order valence-electron chi connectivity index (χ0n) is 7.92. The normalized spacial score (nSPS) is 21.8. The maximum Gasteiger partial charge on any atom is 0.222 e. The smallest absolute Gasteiger partial charge is 0.222 e. The highest BCUT2D eigenvalue weighted by Gasteiger charge is 2.18. The Morgan fingerprint density at radius 1 is 1.62 bits per heavy atom. The summed E-state index contributed by atoms with van der Waals surface area (Å²) in [7, 11) is 0. The summed E-state index contributed by atoms with van der Waals surface area (Å²) in [5.41, 5.74) is 5.30. The van der Waals surface area contributed by atoms with Gasteiger partial charge in [0.05, 0.1) is 12.5 Å². The van der Waals surface area contributed by atoms with Crippen molar-refractivity contribution in [2.24, 2.45) is 5.73 Å². The van der Waals surface area contributed by atoms with E-state index in [4.69, 9.17) is 10.5 Å². The molecule has 1 aliphatic heterocycles. The molecule has 0 aliphatic carbocycles. The number of amides is 1. The molecule has 1 saturated heterocycles. The van der Waals surface area contributed by atoms with Gasteiger partial charge in [0.2, 0.25) is 5.91 Å². The lowest BCUT2D eigenvalue weighted by atomic mass is 10.2. The minimum atomic E-state index is 0.0837. The van der Waals surface area contributed by atoms with Crippen molar-refractivity contribution in [3.8, 4) is 0 Å². The molecular weight excluding hydrogens is 168 g/mol. The molecule has 1 heterocycles. The predicted octanol–water partition coefficient (Wildman–Crippen LogP) is 0.0205. The van der Waals surface area contributed by atoms with Gasteiger partial charge in [-0.05, 0) is 25.8 Å². The zero-order chi connectivity index (χ0) is 9.52. The monoisotopic (exact) mass is 186 g/mol. The molecule has 0 aromatic carbocycles. The molecule has 4 nitrogen and oxygen atoms in total. The van der Waals surface area contributed by atoms with Crippen LogP contribution in [0.3, 0.4) is 0 Å². The fraction of sp³-hybridized carbons (Fsp3) is 0.889. The highest BCUT2D eigenvalue weighted by atomic mass is 16.5. The molecule has 0 aromatic heterocycles. The molecule has 1 aliphatic rings. The van der Waals surface area contributed by atoms with Crippen molar-refractivity contribution in [1.29, 1.82) is 0 Å². The number of hydrogen-bond donors (Lipinski definition) is 2. The van der Waals surface area contributed by atoms with E-state index < -0.39 is 0 Å². The van der Waals surface area contributed by atoms with E-state index in [-0.39, 0.29) is 12.0 Å². The van der Waals surface area contributed by atoms with Crippen molar-refractivity contribution in [2.45, 2.75) is 31.8 Å². The Bertz CT molecular complexity index is 156. The van der Waals surface area contributed by atoms with E-state index in [1.54, 1.807) is 0 Å². The Balaban J connectivity index is 2.02. The van der Waals surface area contributed by atoms with Gasteiger partial charge in [0.15, 0.2) is 0 Å². The van der Waals surface area contributed by atoms with Crippen LogP contribution in [-0.4, -0.2) is 31.7 Å². The maximum atomic E-state index is 11.2. The standard InChI is InChI=1S/C9H18N2O2/c10-4-2-5-11-9(12)7-8-3-1-6-13-8/h8H,1-7,10H2,(H,11,12). The Labute approximate surface area is 78.8 Å². The molecule has 1 fully saturated rings. The third-order valence-electron chi connectivity index (χ3n) is 2.14. The van der Waals surface area contributed by atoms with E-state index >= 15 is 0 Å². The number of nitrogens with two attached hydrogens (primary N) is 1. The van der Waals surface area contributed by atoms with E-state index in [0.29, 0.717) is 19.5 Å². The number of carbonyl (C=O) groups is 1. The van der Waals surface area contributed by atoms with Crippen molar-refractivity contribution < 1.29 is 9.53 Å². The predicted molar refractivity (Wildman–Crippen MR) is 50.3 cm³/mol. The van der Waals surface area contributed by atoms with Crippen LogP contribution < -0.4 is 11.1 Å². The number of ether oxygens (including phenoxy) is 1. The third-order valence-corrected chi connectivity index (χ3v) is 2.14. The molecule has 0 radical (unpaired) electrons. The summed E-state index contributed by atoms with van der Waals surface area (Å²) in [5.74, 6) is 0.0837. The molecule has 1 rings (SSSR count). The second kappa shape index (κ2) is 5.94. The number of hydrogen-bond acceptors (Lipinski definition) is 3. The number of nitrogens with one attached hydrogen (secondary N) is 1. The lowest BCUT2D eigenvalue weighted by Crippen LogP contribution is -2.29. The lowest BCUT2D eigenvalue weighted by Gasteiger charge is -2.08. The second-order valence-corrected chi connectivity index (χ2v) is 3.33. The van der Waals surface area contributed by atoms with E-state index in [1.165, 1.54) is 0 Å². The number of rotatable bonds is 5. The van der Waals surface area contributed by atoms with Gasteiger partial charge in [-0.1, -0.05) is 0 Å². The first-order chi connectivity index (χ1) is 6.33. The van der Waals surface area contributed by atoms with Gasteiger partial charge >= 0.3 is 0 Å². The summed E-state index contributed by atoms with van der Waals surface area (Å²) in [6.45, 7) is 2.11. The first-order valence-electron chi connectivity index (χ1n) is 4.91. The molecule has 3 N–H and O–H groups in total. The van der Waals surface area contributed by atoms with Crippen LogP contribution >= 0.6 is 0 Å². The quantitative estimate of drug-likeness (QED) is 0.595. The summed E-state index contributed by atoms with van der Waals surface area (Å²) in [5, 5.41) is 2.81. The Morgan fingerprint density at radius 3 is 3.08 bits per heavy atom. The van der Waals surface area contributed by atoms with Crippen molar-refractivity contribution in [3.63, 3.8) is 0 Å². The molecule has 1 unspecified atom stereocenters. The van der Waals surface area contributed by atoms with Crippen LogP contribution in [0.2, 0.25) is 0 Å². The van der Waals surface area contributed by atoms with Crippen LogP contribution in [0.5, 0.6) is 0 Å². The fourth-order valence-electron chi connectivity index (χ4n) is 1.41. The fourth-order valence-corrected chi connectivity index (χ4v) is 1.41. The van der Waals surface area contributed by atoms with E-state index in [1.807, 2.05) is 0 Å². The molecule has 1 atom stereocenters. The lowest BCUT2D eigenvalue weighted by molar-refractivity contribution is -0.123. The van der Waals surface area contributed by atoms with Gasteiger partial charge in [-0.2, -0.15) is 0 Å². The van der Waals surface area contributed by atoms with Crippen LogP contribution in [0.1, 0.15) is 25.7 Å². The summed E-state index contributed by atoms with van der Waals surface area (Å²) >= 11 is 0. The second-order valence-electron chi connectivity index (χ2n) is 3.33.